The number of ether oxygens (including phenoxy) is 3. The lowest BCUT2D eigenvalue weighted by atomic mass is 10.4. The Kier molecular flexibility index (Phi) is 5.34. The van der Waals surface area contributed by atoms with Crippen LogP contribution in [-0.4, -0.2) is 32.1 Å². The topological polar surface area (TPSA) is 44.8 Å². The van der Waals surface area contributed by atoms with Crippen LogP contribution in [-0.2, 0) is 19.0 Å². The number of hydrogen-bond donors (Lipinski definition) is 0. The highest BCUT2D eigenvalue weighted by Gasteiger charge is 2.23. The zero-order valence-electron chi connectivity index (χ0n) is 8.33. The largest absolute Gasteiger partial charge is 0.466 e. The van der Waals surface area contributed by atoms with Gasteiger partial charge in [-0.1, -0.05) is 6.58 Å². The van der Waals surface area contributed by atoms with Gasteiger partial charge >= 0.3 is 5.97 Å². The van der Waals surface area contributed by atoms with Crippen LogP contribution in [0.4, 0.5) is 0 Å². The molecule has 1 heterocycles. The van der Waals surface area contributed by atoms with Gasteiger partial charge in [0.1, 0.15) is 0 Å². The maximum atomic E-state index is 9.84. The van der Waals surface area contributed by atoms with Gasteiger partial charge in [0.15, 0.2) is 5.79 Å². The molecule has 4 heteroatoms. The van der Waals surface area contributed by atoms with Gasteiger partial charge in [-0.15, -0.1) is 0 Å². The highest BCUT2D eigenvalue weighted by molar-refractivity contribution is 5.80. The van der Waals surface area contributed by atoms with Crippen molar-refractivity contribution in [2.45, 2.75) is 19.6 Å². The summed E-state index contributed by atoms with van der Waals surface area (Å²) in [7, 11) is 1.31. The molecule has 0 N–H and O–H groups in total. The third-order valence-corrected chi connectivity index (χ3v) is 1.35. The zero-order chi connectivity index (χ0) is 10.3. The molecule has 13 heavy (non-hydrogen) atoms. The summed E-state index contributed by atoms with van der Waals surface area (Å²) < 4.78 is 14.4. The predicted octanol–water partition coefficient (Wildman–Crippen LogP) is 1.11. The molecule has 0 saturated carbocycles. The van der Waals surface area contributed by atoms with E-state index < -0.39 is 5.97 Å². The molecular weight excluding hydrogens is 172 g/mol. The monoisotopic (exact) mass is 188 g/mol. The van der Waals surface area contributed by atoms with E-state index in [0.29, 0.717) is 0 Å². The average Bonchev–Trinajstić information content (AvgIpc) is 2.49. The van der Waals surface area contributed by atoms with E-state index >= 15 is 0 Å². The molecule has 0 aromatic rings. The number of rotatable bonds is 1. The first-order valence-electron chi connectivity index (χ1n) is 4.00. The first-order chi connectivity index (χ1) is 6.02. The van der Waals surface area contributed by atoms with Crippen molar-refractivity contribution in [3.05, 3.63) is 12.7 Å². The third-order valence-electron chi connectivity index (χ3n) is 1.35. The maximum absolute atomic E-state index is 9.84. The molecule has 1 rings (SSSR count). The molecule has 1 aliphatic rings. The highest BCUT2D eigenvalue weighted by Crippen LogP contribution is 2.15. The molecule has 76 valence electrons. The van der Waals surface area contributed by atoms with Crippen molar-refractivity contribution in [2.24, 2.45) is 0 Å². The Labute approximate surface area is 78.5 Å². The van der Waals surface area contributed by atoms with Crippen LogP contribution in [0.5, 0.6) is 0 Å². The minimum absolute atomic E-state index is 0.306. The van der Waals surface area contributed by atoms with Gasteiger partial charge in [-0.2, -0.15) is 0 Å². The van der Waals surface area contributed by atoms with E-state index in [1.54, 1.807) is 0 Å². The van der Waals surface area contributed by atoms with Crippen molar-refractivity contribution >= 4 is 5.97 Å². The Morgan fingerprint density at radius 1 is 1.46 bits per heavy atom. The summed E-state index contributed by atoms with van der Waals surface area (Å²) in [6.07, 6.45) is 1.11. The lowest BCUT2D eigenvalue weighted by Gasteiger charge is -2.13. The van der Waals surface area contributed by atoms with Crippen molar-refractivity contribution in [1.29, 1.82) is 0 Å². The molecular formula is C9H16O4. The van der Waals surface area contributed by atoms with Crippen molar-refractivity contribution < 1.29 is 19.0 Å². The van der Waals surface area contributed by atoms with Gasteiger partial charge < -0.3 is 14.2 Å². The van der Waals surface area contributed by atoms with Gasteiger partial charge in [0.05, 0.1) is 20.3 Å². The van der Waals surface area contributed by atoms with Gasteiger partial charge in [-0.25, -0.2) is 4.79 Å². The second-order valence-electron chi connectivity index (χ2n) is 2.82. The molecule has 0 unspecified atom stereocenters. The Morgan fingerprint density at radius 2 is 1.92 bits per heavy atom. The van der Waals surface area contributed by atoms with E-state index in [2.05, 4.69) is 11.3 Å². The van der Waals surface area contributed by atoms with Gasteiger partial charge in [0, 0.05) is 6.08 Å². The summed E-state index contributed by atoms with van der Waals surface area (Å²) in [5.74, 6) is -0.699. The van der Waals surface area contributed by atoms with Crippen LogP contribution < -0.4 is 0 Å². The summed E-state index contributed by atoms with van der Waals surface area (Å²) in [5.41, 5.74) is 0. The van der Waals surface area contributed by atoms with Crippen molar-refractivity contribution in [3.8, 4) is 0 Å². The van der Waals surface area contributed by atoms with Gasteiger partial charge in [0.25, 0.3) is 0 Å². The average molecular weight is 188 g/mol. The van der Waals surface area contributed by atoms with Gasteiger partial charge in [-0.05, 0) is 13.8 Å². The van der Waals surface area contributed by atoms with Crippen LogP contribution >= 0.6 is 0 Å². The number of hydrogen-bond acceptors (Lipinski definition) is 4. The summed E-state index contributed by atoms with van der Waals surface area (Å²) in [6.45, 7) is 8.48. The predicted molar refractivity (Wildman–Crippen MR) is 48.2 cm³/mol. The Balaban J connectivity index is 0.000000226. The fourth-order valence-corrected chi connectivity index (χ4v) is 0.700. The van der Waals surface area contributed by atoms with Crippen LogP contribution in [0.25, 0.3) is 0 Å². The smallest absolute Gasteiger partial charge is 0.329 e. The molecule has 0 bridgehead atoms. The highest BCUT2D eigenvalue weighted by atomic mass is 16.7. The first-order valence-corrected chi connectivity index (χ1v) is 4.00. The minimum atomic E-state index is -0.394. The summed E-state index contributed by atoms with van der Waals surface area (Å²) in [5, 5.41) is 0. The van der Waals surface area contributed by atoms with Crippen molar-refractivity contribution in [1.82, 2.24) is 0 Å². The van der Waals surface area contributed by atoms with Crippen molar-refractivity contribution in [2.75, 3.05) is 20.3 Å². The molecule has 1 aliphatic heterocycles. The normalized spacial score (nSPS) is 18.4. The Bertz CT molecular complexity index is 166. The molecule has 0 radical (unpaired) electrons. The van der Waals surface area contributed by atoms with Crippen LogP contribution in [0.2, 0.25) is 0 Å². The van der Waals surface area contributed by atoms with Crippen LogP contribution in [0.3, 0.4) is 0 Å². The van der Waals surface area contributed by atoms with Crippen molar-refractivity contribution in [3.63, 3.8) is 0 Å². The minimum Gasteiger partial charge on any atom is -0.466 e. The Morgan fingerprint density at radius 3 is 2.00 bits per heavy atom. The molecule has 0 spiro atoms. The number of carbonyl (C=O) groups is 1. The standard InChI is InChI=1S/C5H10O2.C4H6O2/c1-5(2)6-3-4-7-5;1-3-4(5)6-2/h3-4H2,1-2H3;3H,1H2,2H3. The SMILES string of the molecule is C=CC(=O)OC.CC1(C)OCCO1. The van der Waals surface area contributed by atoms with E-state index in [0.717, 1.165) is 19.3 Å². The summed E-state index contributed by atoms with van der Waals surface area (Å²) in [6, 6.07) is 0. The van der Waals surface area contributed by atoms with E-state index in [9.17, 15) is 4.79 Å². The van der Waals surface area contributed by atoms with E-state index in [1.165, 1.54) is 7.11 Å². The molecule has 0 aromatic carbocycles. The molecule has 0 amide bonds. The summed E-state index contributed by atoms with van der Waals surface area (Å²) in [4.78, 5) is 9.84. The molecule has 1 fully saturated rings. The molecule has 1 saturated heterocycles. The lowest BCUT2D eigenvalue weighted by molar-refractivity contribution is -0.134. The fourth-order valence-electron chi connectivity index (χ4n) is 0.700. The maximum Gasteiger partial charge on any atom is 0.329 e. The lowest BCUT2D eigenvalue weighted by Crippen LogP contribution is -2.18. The van der Waals surface area contributed by atoms with E-state index in [4.69, 9.17) is 9.47 Å². The number of carbonyl (C=O) groups excluding carboxylic acids is 1. The molecule has 0 atom stereocenters. The fraction of sp³-hybridized carbons (Fsp3) is 0.667. The van der Waals surface area contributed by atoms with Gasteiger partial charge in [0.2, 0.25) is 0 Å². The number of methoxy groups -OCH3 is 1. The van der Waals surface area contributed by atoms with E-state index in [-0.39, 0.29) is 5.79 Å². The van der Waals surface area contributed by atoms with Crippen LogP contribution in [0, 0.1) is 0 Å². The van der Waals surface area contributed by atoms with Gasteiger partial charge in [-0.3, -0.25) is 0 Å². The first kappa shape index (κ1) is 12.1. The number of esters is 1. The second-order valence-corrected chi connectivity index (χ2v) is 2.82. The van der Waals surface area contributed by atoms with E-state index in [1.807, 2.05) is 13.8 Å². The second kappa shape index (κ2) is 5.72. The molecule has 4 nitrogen and oxygen atoms in total. The molecule has 0 aliphatic carbocycles. The molecule has 0 aromatic heterocycles. The van der Waals surface area contributed by atoms with Crippen LogP contribution in [0.15, 0.2) is 12.7 Å². The zero-order valence-corrected chi connectivity index (χ0v) is 8.33. The Hall–Kier alpha value is -0.870. The summed E-state index contributed by atoms with van der Waals surface area (Å²) >= 11 is 0. The quantitative estimate of drug-likeness (QED) is 0.457. The van der Waals surface area contributed by atoms with Crippen LogP contribution in [0.1, 0.15) is 13.8 Å². The third kappa shape index (κ3) is 6.31.